The minimum absolute atomic E-state index is 0.128. The van der Waals surface area contributed by atoms with Crippen molar-refractivity contribution in [2.24, 2.45) is 0 Å². The van der Waals surface area contributed by atoms with E-state index >= 15 is 0 Å². The fourth-order valence-corrected chi connectivity index (χ4v) is 1.97. The van der Waals surface area contributed by atoms with Gasteiger partial charge >= 0.3 is 0 Å². The first kappa shape index (κ1) is 16.0. The standard InChI is InChI=1S/C15H23N3O2/c1-3-18(4-2)14(19)10-7-11-17-15(20)12-8-5-6-9-13(12)16/h5-6,8-9H,3-4,7,10-11,16H2,1-2H3,(H,17,20). The van der Waals surface area contributed by atoms with E-state index in [-0.39, 0.29) is 11.8 Å². The summed E-state index contributed by atoms with van der Waals surface area (Å²) in [5.74, 6) is -0.0677. The molecule has 2 amide bonds. The van der Waals surface area contributed by atoms with Gasteiger partial charge in [0.2, 0.25) is 5.91 Å². The number of nitrogens with two attached hydrogens (primary N) is 1. The molecule has 5 nitrogen and oxygen atoms in total. The SMILES string of the molecule is CCN(CC)C(=O)CCCNC(=O)c1ccccc1N. The second-order valence-electron chi connectivity index (χ2n) is 4.51. The molecule has 1 aromatic rings. The van der Waals surface area contributed by atoms with Gasteiger partial charge in [0.15, 0.2) is 0 Å². The number of nitrogens with one attached hydrogen (secondary N) is 1. The number of amides is 2. The maximum absolute atomic E-state index is 11.9. The molecular weight excluding hydrogens is 254 g/mol. The smallest absolute Gasteiger partial charge is 0.253 e. The van der Waals surface area contributed by atoms with E-state index in [1.165, 1.54) is 0 Å². The Labute approximate surface area is 120 Å². The van der Waals surface area contributed by atoms with Crippen molar-refractivity contribution in [3.05, 3.63) is 29.8 Å². The molecule has 0 saturated carbocycles. The molecule has 5 heteroatoms. The Morgan fingerprint density at radius 1 is 1.20 bits per heavy atom. The Morgan fingerprint density at radius 2 is 1.85 bits per heavy atom. The lowest BCUT2D eigenvalue weighted by atomic mass is 10.1. The average molecular weight is 277 g/mol. The van der Waals surface area contributed by atoms with Crippen molar-refractivity contribution >= 4 is 17.5 Å². The third kappa shape index (κ3) is 4.57. The van der Waals surface area contributed by atoms with E-state index in [9.17, 15) is 9.59 Å². The van der Waals surface area contributed by atoms with Crippen LogP contribution < -0.4 is 11.1 Å². The van der Waals surface area contributed by atoms with Gasteiger partial charge in [-0.3, -0.25) is 9.59 Å². The summed E-state index contributed by atoms with van der Waals surface area (Å²) in [5.41, 5.74) is 6.66. The fraction of sp³-hybridized carbons (Fsp3) is 0.467. The van der Waals surface area contributed by atoms with Crippen LogP contribution in [0.25, 0.3) is 0 Å². The van der Waals surface area contributed by atoms with Gasteiger partial charge in [-0.25, -0.2) is 0 Å². The molecule has 0 aromatic heterocycles. The van der Waals surface area contributed by atoms with Crippen LogP contribution in [0, 0.1) is 0 Å². The highest BCUT2D eigenvalue weighted by molar-refractivity contribution is 5.99. The largest absolute Gasteiger partial charge is 0.398 e. The van der Waals surface area contributed by atoms with Crippen molar-refractivity contribution in [1.29, 1.82) is 0 Å². The maximum Gasteiger partial charge on any atom is 0.253 e. The summed E-state index contributed by atoms with van der Waals surface area (Å²) in [4.78, 5) is 25.4. The summed E-state index contributed by atoms with van der Waals surface area (Å²) < 4.78 is 0. The fourth-order valence-electron chi connectivity index (χ4n) is 1.97. The van der Waals surface area contributed by atoms with Crippen molar-refractivity contribution in [3.8, 4) is 0 Å². The molecule has 0 saturated heterocycles. The number of para-hydroxylation sites is 1. The molecule has 20 heavy (non-hydrogen) atoms. The number of benzene rings is 1. The molecule has 0 bridgehead atoms. The van der Waals surface area contributed by atoms with Gasteiger partial charge in [-0.05, 0) is 32.4 Å². The number of hydrogen-bond donors (Lipinski definition) is 2. The van der Waals surface area contributed by atoms with Crippen molar-refractivity contribution in [2.75, 3.05) is 25.4 Å². The second-order valence-corrected chi connectivity index (χ2v) is 4.51. The molecule has 0 aliphatic rings. The van der Waals surface area contributed by atoms with Crippen LogP contribution in [0.1, 0.15) is 37.0 Å². The minimum atomic E-state index is -0.196. The Morgan fingerprint density at radius 3 is 2.45 bits per heavy atom. The summed E-state index contributed by atoms with van der Waals surface area (Å²) in [6.45, 7) is 5.84. The van der Waals surface area contributed by atoms with Gasteiger partial charge in [0, 0.05) is 31.7 Å². The van der Waals surface area contributed by atoms with Gasteiger partial charge in [-0.1, -0.05) is 12.1 Å². The van der Waals surface area contributed by atoms with E-state index < -0.39 is 0 Å². The van der Waals surface area contributed by atoms with E-state index in [1.807, 2.05) is 13.8 Å². The quantitative estimate of drug-likeness (QED) is 0.588. The zero-order chi connectivity index (χ0) is 15.0. The van der Waals surface area contributed by atoms with Gasteiger partial charge in [-0.2, -0.15) is 0 Å². The Balaban J connectivity index is 2.33. The molecule has 0 heterocycles. The highest BCUT2D eigenvalue weighted by Crippen LogP contribution is 2.09. The van der Waals surface area contributed by atoms with E-state index in [1.54, 1.807) is 29.2 Å². The van der Waals surface area contributed by atoms with Gasteiger partial charge in [-0.15, -0.1) is 0 Å². The lowest BCUT2D eigenvalue weighted by Crippen LogP contribution is -2.31. The number of carbonyl (C=O) groups is 2. The predicted octanol–water partition coefficient (Wildman–Crippen LogP) is 1.65. The molecule has 0 spiro atoms. The van der Waals surface area contributed by atoms with Crippen molar-refractivity contribution in [1.82, 2.24) is 10.2 Å². The summed E-state index contributed by atoms with van der Waals surface area (Å²) in [5, 5.41) is 2.78. The number of nitrogens with zero attached hydrogens (tertiary/aromatic N) is 1. The molecular formula is C15H23N3O2. The Bertz CT molecular complexity index is 456. The number of anilines is 1. The third-order valence-electron chi connectivity index (χ3n) is 3.17. The molecule has 0 unspecified atom stereocenters. The van der Waals surface area contributed by atoms with Crippen LogP contribution in [-0.4, -0.2) is 36.3 Å². The predicted molar refractivity (Wildman–Crippen MR) is 80.3 cm³/mol. The zero-order valence-corrected chi connectivity index (χ0v) is 12.2. The number of hydrogen-bond acceptors (Lipinski definition) is 3. The first-order valence-electron chi connectivity index (χ1n) is 7.00. The van der Waals surface area contributed by atoms with Crippen LogP contribution in [0.15, 0.2) is 24.3 Å². The van der Waals surface area contributed by atoms with Crippen LogP contribution >= 0.6 is 0 Å². The Hall–Kier alpha value is -2.04. The van der Waals surface area contributed by atoms with Crippen LogP contribution in [0.2, 0.25) is 0 Å². The first-order valence-corrected chi connectivity index (χ1v) is 7.00. The molecule has 0 atom stereocenters. The van der Waals surface area contributed by atoms with Crippen LogP contribution in [0.4, 0.5) is 5.69 Å². The molecule has 0 aliphatic heterocycles. The monoisotopic (exact) mass is 277 g/mol. The Kier molecular flexibility index (Phi) is 6.56. The van der Waals surface area contributed by atoms with Crippen LogP contribution in [-0.2, 0) is 4.79 Å². The van der Waals surface area contributed by atoms with Gasteiger partial charge in [0.25, 0.3) is 5.91 Å². The molecule has 0 aliphatic carbocycles. The topological polar surface area (TPSA) is 75.4 Å². The lowest BCUT2D eigenvalue weighted by molar-refractivity contribution is -0.130. The van der Waals surface area contributed by atoms with E-state index in [0.29, 0.717) is 30.6 Å². The second kappa shape index (κ2) is 8.19. The molecule has 1 rings (SSSR count). The van der Waals surface area contributed by atoms with Gasteiger partial charge in [0.05, 0.1) is 5.56 Å². The number of carbonyl (C=O) groups excluding carboxylic acids is 2. The minimum Gasteiger partial charge on any atom is -0.398 e. The molecule has 1 aromatic carbocycles. The van der Waals surface area contributed by atoms with Crippen molar-refractivity contribution in [3.63, 3.8) is 0 Å². The molecule has 110 valence electrons. The maximum atomic E-state index is 11.9. The highest BCUT2D eigenvalue weighted by atomic mass is 16.2. The average Bonchev–Trinajstić information content (AvgIpc) is 2.45. The third-order valence-corrected chi connectivity index (χ3v) is 3.17. The summed E-state index contributed by atoms with van der Waals surface area (Å²) in [7, 11) is 0. The van der Waals surface area contributed by atoms with E-state index in [4.69, 9.17) is 5.73 Å². The number of nitrogen functional groups attached to an aromatic ring is 1. The van der Waals surface area contributed by atoms with Crippen molar-refractivity contribution < 1.29 is 9.59 Å². The van der Waals surface area contributed by atoms with Crippen LogP contribution in [0.5, 0.6) is 0 Å². The normalized spacial score (nSPS) is 10.1. The molecule has 3 N–H and O–H groups in total. The van der Waals surface area contributed by atoms with Crippen LogP contribution in [0.3, 0.4) is 0 Å². The van der Waals surface area contributed by atoms with Gasteiger partial charge in [0.1, 0.15) is 0 Å². The summed E-state index contributed by atoms with van der Waals surface area (Å²) in [6, 6.07) is 6.94. The highest BCUT2D eigenvalue weighted by Gasteiger charge is 2.10. The molecule has 0 fully saturated rings. The van der Waals surface area contributed by atoms with Gasteiger partial charge < -0.3 is 16.0 Å². The first-order chi connectivity index (χ1) is 9.60. The number of rotatable bonds is 7. The van der Waals surface area contributed by atoms with E-state index in [2.05, 4.69) is 5.32 Å². The van der Waals surface area contributed by atoms with E-state index in [0.717, 1.165) is 13.1 Å². The zero-order valence-electron chi connectivity index (χ0n) is 12.2. The van der Waals surface area contributed by atoms with Crippen molar-refractivity contribution in [2.45, 2.75) is 26.7 Å². The molecule has 0 radical (unpaired) electrons. The lowest BCUT2D eigenvalue weighted by Gasteiger charge is -2.18. The summed E-state index contributed by atoms with van der Waals surface area (Å²) >= 11 is 0. The summed E-state index contributed by atoms with van der Waals surface area (Å²) in [6.07, 6.45) is 1.08.